The van der Waals surface area contributed by atoms with Gasteiger partial charge < -0.3 is 15.5 Å². The van der Waals surface area contributed by atoms with Crippen molar-refractivity contribution in [3.05, 3.63) is 42.0 Å². The molecular weight excluding hydrogens is 312 g/mol. The Labute approximate surface area is 150 Å². The highest BCUT2D eigenvalue weighted by atomic mass is 16.2. The first-order valence-corrected chi connectivity index (χ1v) is 9.43. The minimum Gasteiger partial charge on any atom is -0.340 e. The van der Waals surface area contributed by atoms with Crippen LogP contribution in [0.4, 0.5) is 0 Å². The SMILES string of the molecule is O=C(N1CCN(CC=Cc2ccccc2)CC1)C12CNCC1CNC2. The van der Waals surface area contributed by atoms with Crippen LogP contribution >= 0.6 is 0 Å². The van der Waals surface area contributed by atoms with Gasteiger partial charge in [0.2, 0.25) is 5.91 Å². The van der Waals surface area contributed by atoms with E-state index >= 15 is 0 Å². The maximum absolute atomic E-state index is 13.1. The Balaban J connectivity index is 1.28. The van der Waals surface area contributed by atoms with Crippen molar-refractivity contribution in [3.8, 4) is 0 Å². The molecule has 0 unspecified atom stereocenters. The summed E-state index contributed by atoms with van der Waals surface area (Å²) in [5, 5.41) is 6.86. The summed E-state index contributed by atoms with van der Waals surface area (Å²) in [6.07, 6.45) is 4.40. The standard InChI is InChI=1S/C20H28N4O/c25-19(20-15-21-13-18(20)14-22-16-20)24-11-9-23(10-12-24)8-4-7-17-5-2-1-3-6-17/h1-7,18,21-22H,8-16H2. The topological polar surface area (TPSA) is 47.6 Å². The van der Waals surface area contributed by atoms with E-state index in [1.165, 1.54) is 5.56 Å². The normalized spacial score (nSPS) is 30.1. The highest BCUT2D eigenvalue weighted by molar-refractivity contribution is 5.84. The van der Waals surface area contributed by atoms with E-state index in [0.29, 0.717) is 11.8 Å². The van der Waals surface area contributed by atoms with Crippen molar-refractivity contribution in [2.45, 2.75) is 0 Å². The molecule has 0 atom stereocenters. The number of hydrogen-bond acceptors (Lipinski definition) is 4. The van der Waals surface area contributed by atoms with Crippen molar-refractivity contribution in [3.63, 3.8) is 0 Å². The molecule has 0 radical (unpaired) electrons. The predicted octanol–water partition coefficient (Wildman–Crippen LogP) is 0.653. The number of amides is 1. The molecule has 0 saturated carbocycles. The van der Waals surface area contributed by atoms with Crippen molar-refractivity contribution in [2.75, 3.05) is 58.9 Å². The first-order valence-electron chi connectivity index (χ1n) is 9.43. The Hall–Kier alpha value is -1.69. The van der Waals surface area contributed by atoms with Crippen LogP contribution < -0.4 is 10.6 Å². The van der Waals surface area contributed by atoms with Crippen LogP contribution in [0, 0.1) is 11.3 Å². The van der Waals surface area contributed by atoms with E-state index in [-0.39, 0.29) is 5.41 Å². The molecule has 3 fully saturated rings. The second-order valence-corrected chi connectivity index (χ2v) is 7.52. The molecule has 134 valence electrons. The molecule has 3 saturated heterocycles. The first-order chi connectivity index (χ1) is 12.3. The Morgan fingerprint density at radius 1 is 1.08 bits per heavy atom. The molecule has 0 bridgehead atoms. The van der Waals surface area contributed by atoms with E-state index < -0.39 is 0 Å². The number of nitrogens with one attached hydrogen (secondary N) is 2. The molecule has 0 spiro atoms. The molecular formula is C20H28N4O. The van der Waals surface area contributed by atoms with Gasteiger partial charge in [0.05, 0.1) is 5.41 Å². The van der Waals surface area contributed by atoms with E-state index in [0.717, 1.165) is 58.9 Å². The van der Waals surface area contributed by atoms with Crippen LogP contribution in [0.5, 0.6) is 0 Å². The van der Waals surface area contributed by atoms with Crippen molar-refractivity contribution >= 4 is 12.0 Å². The summed E-state index contributed by atoms with van der Waals surface area (Å²) in [5.41, 5.74) is 1.05. The first kappa shape index (κ1) is 16.8. The Morgan fingerprint density at radius 3 is 2.44 bits per heavy atom. The largest absolute Gasteiger partial charge is 0.340 e. The van der Waals surface area contributed by atoms with Gasteiger partial charge in [-0.2, -0.15) is 0 Å². The molecule has 3 aliphatic heterocycles. The number of hydrogen-bond donors (Lipinski definition) is 2. The summed E-state index contributed by atoms with van der Waals surface area (Å²) in [4.78, 5) is 17.7. The van der Waals surface area contributed by atoms with Gasteiger partial charge in [0.15, 0.2) is 0 Å². The van der Waals surface area contributed by atoms with Crippen LogP contribution in [0.25, 0.3) is 6.08 Å². The number of benzene rings is 1. The fourth-order valence-electron chi connectivity index (χ4n) is 4.43. The van der Waals surface area contributed by atoms with Crippen LogP contribution in [-0.4, -0.2) is 74.6 Å². The average Bonchev–Trinajstić information content (AvgIpc) is 3.24. The zero-order valence-corrected chi connectivity index (χ0v) is 14.8. The monoisotopic (exact) mass is 340 g/mol. The second kappa shape index (κ2) is 7.28. The molecule has 1 amide bonds. The van der Waals surface area contributed by atoms with Gasteiger partial charge in [0.25, 0.3) is 0 Å². The van der Waals surface area contributed by atoms with Crippen molar-refractivity contribution in [1.82, 2.24) is 20.4 Å². The van der Waals surface area contributed by atoms with Gasteiger partial charge in [0, 0.05) is 64.8 Å². The molecule has 5 nitrogen and oxygen atoms in total. The maximum atomic E-state index is 13.1. The van der Waals surface area contributed by atoms with E-state index in [4.69, 9.17) is 0 Å². The van der Waals surface area contributed by atoms with Gasteiger partial charge >= 0.3 is 0 Å². The zero-order valence-electron chi connectivity index (χ0n) is 14.8. The summed E-state index contributed by atoms with van der Waals surface area (Å²) in [7, 11) is 0. The lowest BCUT2D eigenvalue weighted by atomic mass is 9.79. The van der Waals surface area contributed by atoms with Crippen molar-refractivity contribution < 1.29 is 4.79 Å². The third kappa shape index (κ3) is 3.36. The fraction of sp³-hybridized carbons (Fsp3) is 0.550. The third-order valence-electron chi connectivity index (χ3n) is 6.00. The highest BCUT2D eigenvalue weighted by Crippen LogP contribution is 2.36. The summed E-state index contributed by atoms with van der Waals surface area (Å²) >= 11 is 0. The third-order valence-corrected chi connectivity index (χ3v) is 6.00. The maximum Gasteiger partial charge on any atom is 0.231 e. The van der Waals surface area contributed by atoms with Gasteiger partial charge in [-0.15, -0.1) is 0 Å². The van der Waals surface area contributed by atoms with Crippen molar-refractivity contribution in [2.24, 2.45) is 11.3 Å². The Morgan fingerprint density at radius 2 is 1.76 bits per heavy atom. The quantitative estimate of drug-likeness (QED) is 0.845. The van der Waals surface area contributed by atoms with Crippen LogP contribution in [0.2, 0.25) is 0 Å². The number of fused-ring (bicyclic) bond motifs is 1. The number of carbonyl (C=O) groups is 1. The molecule has 3 heterocycles. The van der Waals surface area contributed by atoms with Crippen LogP contribution in [0.15, 0.2) is 36.4 Å². The van der Waals surface area contributed by atoms with Gasteiger partial charge in [-0.05, 0) is 5.56 Å². The summed E-state index contributed by atoms with van der Waals surface area (Å²) in [5.74, 6) is 0.832. The highest BCUT2D eigenvalue weighted by Gasteiger charge is 2.53. The van der Waals surface area contributed by atoms with Crippen LogP contribution in [0.3, 0.4) is 0 Å². The number of nitrogens with zero attached hydrogens (tertiary/aromatic N) is 2. The van der Waals surface area contributed by atoms with Gasteiger partial charge in [-0.1, -0.05) is 42.5 Å². The molecule has 3 aliphatic rings. The van der Waals surface area contributed by atoms with Crippen LogP contribution in [0.1, 0.15) is 5.56 Å². The van der Waals surface area contributed by atoms with Crippen LogP contribution in [-0.2, 0) is 4.79 Å². The summed E-state index contributed by atoms with van der Waals surface area (Å²) in [6.45, 7) is 8.21. The summed E-state index contributed by atoms with van der Waals surface area (Å²) in [6, 6.07) is 10.4. The smallest absolute Gasteiger partial charge is 0.231 e. The Kier molecular flexibility index (Phi) is 4.88. The lowest BCUT2D eigenvalue weighted by Gasteiger charge is -2.39. The van der Waals surface area contributed by atoms with E-state index in [1.807, 2.05) is 6.07 Å². The minimum absolute atomic E-state index is 0.185. The van der Waals surface area contributed by atoms with Gasteiger partial charge in [0.1, 0.15) is 0 Å². The molecule has 1 aromatic rings. The number of rotatable bonds is 4. The summed E-state index contributed by atoms with van der Waals surface area (Å²) < 4.78 is 0. The molecule has 1 aromatic carbocycles. The molecule has 0 aliphatic carbocycles. The molecule has 2 N–H and O–H groups in total. The predicted molar refractivity (Wildman–Crippen MR) is 100 cm³/mol. The van der Waals surface area contributed by atoms with Gasteiger partial charge in [-0.3, -0.25) is 9.69 Å². The van der Waals surface area contributed by atoms with E-state index in [9.17, 15) is 4.79 Å². The molecule has 25 heavy (non-hydrogen) atoms. The van der Waals surface area contributed by atoms with Crippen molar-refractivity contribution in [1.29, 1.82) is 0 Å². The van der Waals surface area contributed by atoms with Gasteiger partial charge in [-0.25, -0.2) is 0 Å². The molecule has 4 rings (SSSR count). The minimum atomic E-state index is -0.185. The lowest BCUT2D eigenvalue weighted by molar-refractivity contribution is -0.143. The second-order valence-electron chi connectivity index (χ2n) is 7.52. The molecule has 5 heteroatoms. The number of carbonyl (C=O) groups excluding carboxylic acids is 1. The fourth-order valence-corrected chi connectivity index (χ4v) is 4.43. The lowest BCUT2D eigenvalue weighted by Crippen LogP contribution is -2.55. The number of piperazine rings is 1. The molecule has 0 aromatic heterocycles. The van der Waals surface area contributed by atoms with E-state index in [2.05, 4.69) is 56.9 Å². The zero-order chi connectivity index (χ0) is 17.1. The average molecular weight is 340 g/mol. The van der Waals surface area contributed by atoms with E-state index in [1.54, 1.807) is 0 Å². The Bertz CT molecular complexity index is 612.